The molecule has 1 fully saturated rings. The van der Waals surface area contributed by atoms with E-state index in [9.17, 15) is 9.59 Å². The Morgan fingerprint density at radius 2 is 2.13 bits per heavy atom. The van der Waals surface area contributed by atoms with Crippen molar-refractivity contribution in [2.24, 2.45) is 0 Å². The minimum Gasteiger partial charge on any atom is -0.478 e. The highest BCUT2D eigenvalue weighted by Gasteiger charge is 2.34. The van der Waals surface area contributed by atoms with Gasteiger partial charge in [0.1, 0.15) is 12.3 Å². The number of nitrogens with zero attached hydrogens (tertiary/aromatic N) is 1. The van der Waals surface area contributed by atoms with Gasteiger partial charge in [0, 0.05) is 11.7 Å². The van der Waals surface area contributed by atoms with Gasteiger partial charge in [-0.2, -0.15) is 0 Å². The highest BCUT2D eigenvalue weighted by molar-refractivity contribution is 6.04. The standard InChI is InChI=1S/C17H23N3O3/c1-2-14-17(22)20(10-16(21)19-12-5-3-4-6-12)13-9-11(18)7-8-15(13)23-14/h7-9,12,14H,2-6,10,18H2,1H3,(H,19,21). The molecule has 124 valence electrons. The van der Waals surface area contributed by atoms with E-state index in [0.29, 0.717) is 23.5 Å². The summed E-state index contributed by atoms with van der Waals surface area (Å²) in [7, 11) is 0. The predicted octanol–water partition coefficient (Wildman–Crippen LogP) is 1.83. The molecule has 6 heteroatoms. The van der Waals surface area contributed by atoms with Crippen LogP contribution >= 0.6 is 0 Å². The van der Waals surface area contributed by atoms with Crippen LogP contribution in [0.3, 0.4) is 0 Å². The molecule has 1 atom stereocenters. The number of carbonyl (C=O) groups is 2. The van der Waals surface area contributed by atoms with Gasteiger partial charge in [-0.05, 0) is 37.5 Å². The summed E-state index contributed by atoms with van der Waals surface area (Å²) in [6.07, 6.45) is 4.35. The first-order valence-corrected chi connectivity index (χ1v) is 8.25. The molecule has 1 saturated carbocycles. The van der Waals surface area contributed by atoms with Crippen LogP contribution in [0.25, 0.3) is 0 Å². The molecular formula is C17H23N3O3. The normalized spacial score (nSPS) is 21.0. The maximum absolute atomic E-state index is 12.6. The second-order valence-corrected chi connectivity index (χ2v) is 6.22. The second-order valence-electron chi connectivity index (χ2n) is 6.22. The molecule has 1 heterocycles. The fourth-order valence-electron chi connectivity index (χ4n) is 3.25. The van der Waals surface area contributed by atoms with Gasteiger partial charge >= 0.3 is 0 Å². The van der Waals surface area contributed by atoms with Crippen molar-refractivity contribution in [3.05, 3.63) is 18.2 Å². The number of rotatable bonds is 4. The average molecular weight is 317 g/mol. The van der Waals surface area contributed by atoms with Crippen LogP contribution in [0.1, 0.15) is 39.0 Å². The van der Waals surface area contributed by atoms with Crippen molar-refractivity contribution in [1.29, 1.82) is 0 Å². The van der Waals surface area contributed by atoms with E-state index >= 15 is 0 Å². The zero-order valence-electron chi connectivity index (χ0n) is 13.4. The number of ether oxygens (including phenoxy) is 1. The molecule has 0 saturated heterocycles. The summed E-state index contributed by atoms with van der Waals surface area (Å²) in [4.78, 5) is 26.4. The summed E-state index contributed by atoms with van der Waals surface area (Å²) < 4.78 is 5.72. The summed E-state index contributed by atoms with van der Waals surface area (Å²) in [5.74, 6) is 0.280. The number of nitrogens with two attached hydrogens (primary N) is 1. The van der Waals surface area contributed by atoms with E-state index in [1.165, 1.54) is 4.90 Å². The van der Waals surface area contributed by atoms with Crippen molar-refractivity contribution in [2.75, 3.05) is 17.2 Å². The van der Waals surface area contributed by atoms with Gasteiger partial charge in [0.05, 0.1) is 5.69 Å². The Balaban J connectivity index is 1.79. The summed E-state index contributed by atoms with van der Waals surface area (Å²) in [5.41, 5.74) is 6.93. The van der Waals surface area contributed by atoms with Crippen molar-refractivity contribution in [2.45, 2.75) is 51.2 Å². The Hall–Kier alpha value is -2.24. The van der Waals surface area contributed by atoms with Crippen LogP contribution in [-0.2, 0) is 9.59 Å². The van der Waals surface area contributed by atoms with Gasteiger partial charge in [0.2, 0.25) is 5.91 Å². The van der Waals surface area contributed by atoms with E-state index in [1.807, 2.05) is 6.92 Å². The third kappa shape index (κ3) is 3.25. The molecule has 0 aromatic heterocycles. The number of carbonyl (C=O) groups excluding carboxylic acids is 2. The number of anilines is 2. The quantitative estimate of drug-likeness (QED) is 0.830. The SMILES string of the molecule is CCC1Oc2ccc(N)cc2N(CC(=O)NC2CCCC2)C1=O. The van der Waals surface area contributed by atoms with Gasteiger partial charge in [0.25, 0.3) is 5.91 Å². The fourth-order valence-corrected chi connectivity index (χ4v) is 3.25. The molecule has 3 rings (SSSR count). The third-order valence-electron chi connectivity index (χ3n) is 4.48. The Bertz CT molecular complexity index is 611. The molecule has 2 aliphatic rings. The van der Waals surface area contributed by atoms with Crippen molar-refractivity contribution in [3.63, 3.8) is 0 Å². The predicted molar refractivity (Wildman–Crippen MR) is 88.3 cm³/mol. The minimum absolute atomic E-state index is 0.00560. The smallest absolute Gasteiger partial charge is 0.268 e. The Labute approximate surface area is 136 Å². The van der Waals surface area contributed by atoms with Crippen LogP contribution in [-0.4, -0.2) is 30.5 Å². The largest absolute Gasteiger partial charge is 0.478 e. The zero-order valence-corrected chi connectivity index (χ0v) is 13.4. The average Bonchev–Trinajstić information content (AvgIpc) is 3.03. The lowest BCUT2D eigenvalue weighted by Crippen LogP contribution is -2.50. The van der Waals surface area contributed by atoms with E-state index in [0.717, 1.165) is 25.7 Å². The number of fused-ring (bicyclic) bond motifs is 1. The van der Waals surface area contributed by atoms with E-state index in [1.54, 1.807) is 18.2 Å². The Morgan fingerprint density at radius 3 is 2.83 bits per heavy atom. The Morgan fingerprint density at radius 1 is 1.39 bits per heavy atom. The number of hydrogen-bond acceptors (Lipinski definition) is 4. The van der Waals surface area contributed by atoms with Gasteiger partial charge < -0.3 is 15.8 Å². The molecule has 1 aliphatic carbocycles. The topological polar surface area (TPSA) is 84.7 Å². The molecule has 1 aliphatic heterocycles. The fraction of sp³-hybridized carbons (Fsp3) is 0.529. The van der Waals surface area contributed by atoms with Crippen molar-refractivity contribution < 1.29 is 14.3 Å². The molecule has 1 unspecified atom stereocenters. The first kappa shape index (κ1) is 15.6. The molecule has 0 spiro atoms. The maximum Gasteiger partial charge on any atom is 0.268 e. The van der Waals surface area contributed by atoms with Crippen molar-refractivity contribution in [1.82, 2.24) is 5.32 Å². The highest BCUT2D eigenvalue weighted by Crippen LogP contribution is 2.36. The molecule has 0 radical (unpaired) electrons. The van der Waals surface area contributed by atoms with Gasteiger partial charge in [-0.3, -0.25) is 14.5 Å². The van der Waals surface area contributed by atoms with E-state index in [-0.39, 0.29) is 24.4 Å². The van der Waals surface area contributed by atoms with Crippen LogP contribution in [0.4, 0.5) is 11.4 Å². The number of nitrogen functional groups attached to an aromatic ring is 1. The summed E-state index contributed by atoms with van der Waals surface area (Å²) in [5, 5.41) is 3.02. The zero-order chi connectivity index (χ0) is 16.4. The molecule has 1 aromatic carbocycles. The molecule has 2 amide bonds. The summed E-state index contributed by atoms with van der Waals surface area (Å²) in [6.45, 7) is 1.90. The van der Waals surface area contributed by atoms with Gasteiger partial charge in [-0.15, -0.1) is 0 Å². The lowest BCUT2D eigenvalue weighted by atomic mass is 10.1. The van der Waals surface area contributed by atoms with Gasteiger partial charge in [-0.1, -0.05) is 19.8 Å². The number of hydrogen-bond donors (Lipinski definition) is 2. The van der Waals surface area contributed by atoms with E-state index < -0.39 is 6.10 Å². The van der Waals surface area contributed by atoms with Crippen LogP contribution < -0.4 is 20.7 Å². The monoisotopic (exact) mass is 317 g/mol. The van der Waals surface area contributed by atoms with E-state index in [2.05, 4.69) is 5.32 Å². The van der Waals surface area contributed by atoms with E-state index in [4.69, 9.17) is 10.5 Å². The molecular weight excluding hydrogens is 294 g/mol. The van der Waals surface area contributed by atoms with Crippen molar-refractivity contribution >= 4 is 23.2 Å². The van der Waals surface area contributed by atoms with Crippen molar-refractivity contribution in [3.8, 4) is 5.75 Å². The molecule has 3 N–H and O–H groups in total. The van der Waals surface area contributed by atoms with Crippen LogP contribution in [0.5, 0.6) is 5.75 Å². The Kier molecular flexibility index (Phi) is 4.41. The second kappa shape index (κ2) is 6.48. The molecule has 1 aromatic rings. The number of benzene rings is 1. The maximum atomic E-state index is 12.6. The van der Waals surface area contributed by atoms with Crippen LogP contribution in [0, 0.1) is 0 Å². The number of nitrogens with one attached hydrogen (secondary N) is 1. The molecule has 0 bridgehead atoms. The minimum atomic E-state index is -0.551. The highest BCUT2D eigenvalue weighted by atomic mass is 16.5. The lowest BCUT2D eigenvalue weighted by molar-refractivity contribution is -0.129. The first-order valence-electron chi connectivity index (χ1n) is 8.25. The van der Waals surface area contributed by atoms with Gasteiger partial charge in [0.15, 0.2) is 6.10 Å². The summed E-state index contributed by atoms with van der Waals surface area (Å²) >= 11 is 0. The number of amides is 2. The third-order valence-corrected chi connectivity index (χ3v) is 4.48. The van der Waals surface area contributed by atoms with Gasteiger partial charge in [-0.25, -0.2) is 0 Å². The van der Waals surface area contributed by atoms with Crippen LogP contribution in [0.15, 0.2) is 18.2 Å². The first-order chi connectivity index (χ1) is 11.1. The van der Waals surface area contributed by atoms with Crippen LogP contribution in [0.2, 0.25) is 0 Å². The summed E-state index contributed by atoms with van der Waals surface area (Å²) in [6, 6.07) is 5.41. The molecule has 6 nitrogen and oxygen atoms in total. The molecule has 23 heavy (non-hydrogen) atoms. The lowest BCUT2D eigenvalue weighted by Gasteiger charge is -2.34.